The average Bonchev–Trinajstić information content (AvgIpc) is 2.13. The van der Waals surface area contributed by atoms with Crippen molar-refractivity contribution in [3.63, 3.8) is 0 Å². The first-order valence-corrected chi connectivity index (χ1v) is 6.89. The minimum atomic E-state index is -4.32. The summed E-state index contributed by atoms with van der Waals surface area (Å²) in [5.41, 5.74) is 4.89. The van der Waals surface area contributed by atoms with Crippen LogP contribution < -0.4 is 10.5 Å². The lowest BCUT2D eigenvalue weighted by Gasteiger charge is -2.12. The van der Waals surface area contributed by atoms with Crippen molar-refractivity contribution in [3.8, 4) is 0 Å². The molecule has 0 fully saturated rings. The summed E-state index contributed by atoms with van der Waals surface area (Å²) in [7, 11) is -4.32. The van der Waals surface area contributed by atoms with E-state index in [1.54, 1.807) is 0 Å². The number of nitrogens with one attached hydrogen (secondary N) is 1. The van der Waals surface area contributed by atoms with Crippen LogP contribution in [0.25, 0.3) is 0 Å². The van der Waals surface area contributed by atoms with Crippen molar-refractivity contribution < 1.29 is 22.0 Å². The molecular formula is C9H9BrF2N2O3S. The second-order valence-electron chi connectivity index (χ2n) is 3.44. The Morgan fingerprint density at radius 1 is 1.44 bits per heavy atom. The van der Waals surface area contributed by atoms with Crippen LogP contribution in [0.4, 0.5) is 8.78 Å². The van der Waals surface area contributed by atoms with Crippen LogP contribution in [0.3, 0.4) is 0 Å². The van der Waals surface area contributed by atoms with E-state index in [9.17, 15) is 22.0 Å². The van der Waals surface area contributed by atoms with Crippen molar-refractivity contribution in [3.05, 3.63) is 28.2 Å². The van der Waals surface area contributed by atoms with Crippen LogP contribution in [-0.4, -0.2) is 20.4 Å². The average molecular weight is 343 g/mol. The molecule has 0 bridgehead atoms. The summed E-state index contributed by atoms with van der Waals surface area (Å²) >= 11 is 2.75. The molecule has 1 aromatic rings. The molecule has 1 aromatic carbocycles. The molecule has 0 aromatic heterocycles. The number of sulfonamides is 1. The van der Waals surface area contributed by atoms with Gasteiger partial charge in [-0.15, -0.1) is 0 Å². The maximum Gasteiger partial charge on any atom is 0.245 e. The van der Waals surface area contributed by atoms with E-state index >= 15 is 0 Å². The lowest BCUT2D eigenvalue weighted by atomic mass is 10.3. The van der Waals surface area contributed by atoms with E-state index < -0.39 is 38.5 Å². The number of halogens is 3. The van der Waals surface area contributed by atoms with Gasteiger partial charge >= 0.3 is 0 Å². The van der Waals surface area contributed by atoms with Gasteiger partial charge in [-0.2, -0.15) is 4.72 Å². The van der Waals surface area contributed by atoms with Gasteiger partial charge < -0.3 is 5.73 Å². The first kappa shape index (κ1) is 15.0. The van der Waals surface area contributed by atoms with Crippen molar-refractivity contribution in [2.75, 3.05) is 0 Å². The predicted octanol–water partition coefficient (Wildman–Crippen LogP) is 0.879. The van der Waals surface area contributed by atoms with Crippen molar-refractivity contribution in [2.24, 2.45) is 5.73 Å². The van der Waals surface area contributed by atoms with E-state index in [4.69, 9.17) is 5.73 Å². The molecular weight excluding hydrogens is 334 g/mol. The molecule has 18 heavy (non-hydrogen) atoms. The third-order valence-corrected chi connectivity index (χ3v) is 4.49. The van der Waals surface area contributed by atoms with Crippen LogP contribution in [0.2, 0.25) is 0 Å². The van der Waals surface area contributed by atoms with Gasteiger partial charge in [-0.3, -0.25) is 4.79 Å². The Kier molecular flexibility index (Phi) is 4.41. The number of nitrogens with two attached hydrogens (primary N) is 1. The number of hydrogen-bond donors (Lipinski definition) is 2. The highest BCUT2D eigenvalue weighted by molar-refractivity contribution is 9.10. The summed E-state index contributed by atoms with van der Waals surface area (Å²) < 4.78 is 51.4. The summed E-state index contributed by atoms with van der Waals surface area (Å²) in [6.07, 6.45) is 0. The maximum absolute atomic E-state index is 13.5. The van der Waals surface area contributed by atoms with E-state index in [1.807, 2.05) is 4.72 Å². The van der Waals surface area contributed by atoms with Gasteiger partial charge in [-0.1, -0.05) is 0 Å². The fourth-order valence-electron chi connectivity index (χ4n) is 1.14. The molecule has 3 N–H and O–H groups in total. The van der Waals surface area contributed by atoms with E-state index in [2.05, 4.69) is 15.9 Å². The third kappa shape index (κ3) is 3.24. The summed E-state index contributed by atoms with van der Waals surface area (Å²) in [6.45, 7) is 1.20. The number of primary amides is 1. The molecule has 9 heteroatoms. The zero-order valence-corrected chi connectivity index (χ0v) is 11.5. The van der Waals surface area contributed by atoms with Gasteiger partial charge in [0.1, 0.15) is 16.5 Å². The van der Waals surface area contributed by atoms with Crippen LogP contribution in [0.15, 0.2) is 21.5 Å². The first-order valence-electron chi connectivity index (χ1n) is 4.61. The normalized spacial score (nSPS) is 13.3. The van der Waals surface area contributed by atoms with E-state index in [0.717, 1.165) is 6.07 Å². The van der Waals surface area contributed by atoms with Crippen LogP contribution in [0.1, 0.15) is 6.92 Å². The highest BCUT2D eigenvalue weighted by Crippen LogP contribution is 2.26. The molecule has 1 unspecified atom stereocenters. The fourth-order valence-corrected chi connectivity index (χ4v) is 3.51. The zero-order valence-electron chi connectivity index (χ0n) is 9.08. The minimum Gasteiger partial charge on any atom is -0.368 e. The maximum atomic E-state index is 13.5. The van der Waals surface area contributed by atoms with Crippen molar-refractivity contribution in [1.82, 2.24) is 4.72 Å². The molecule has 0 aliphatic carbocycles. The van der Waals surface area contributed by atoms with Crippen molar-refractivity contribution in [2.45, 2.75) is 17.9 Å². The van der Waals surface area contributed by atoms with Crippen molar-refractivity contribution in [1.29, 1.82) is 0 Å². The van der Waals surface area contributed by atoms with Gasteiger partial charge in [0.15, 0.2) is 0 Å². The molecule has 0 heterocycles. The fraction of sp³-hybridized carbons (Fsp3) is 0.222. The molecule has 0 radical (unpaired) electrons. The van der Waals surface area contributed by atoms with Crippen LogP contribution in [0, 0.1) is 11.6 Å². The number of rotatable bonds is 4. The monoisotopic (exact) mass is 342 g/mol. The second-order valence-corrected chi connectivity index (χ2v) is 5.95. The molecule has 100 valence electrons. The summed E-state index contributed by atoms with van der Waals surface area (Å²) in [4.78, 5) is 9.98. The van der Waals surface area contributed by atoms with Gasteiger partial charge in [-0.05, 0) is 28.9 Å². The number of carbonyl (C=O) groups is 1. The van der Waals surface area contributed by atoms with E-state index in [-0.39, 0.29) is 4.47 Å². The van der Waals surface area contributed by atoms with Crippen molar-refractivity contribution >= 4 is 31.9 Å². The molecule has 0 saturated heterocycles. The molecule has 0 spiro atoms. The summed E-state index contributed by atoms with van der Waals surface area (Å²) in [6, 6.07) is 0.00671. The topological polar surface area (TPSA) is 89.3 Å². The number of benzene rings is 1. The molecule has 1 atom stereocenters. The number of amides is 1. The van der Waals surface area contributed by atoms with Gasteiger partial charge in [0.25, 0.3) is 0 Å². The summed E-state index contributed by atoms with van der Waals surface area (Å²) in [5.74, 6) is -3.12. The lowest BCUT2D eigenvalue weighted by Crippen LogP contribution is -2.42. The number of carbonyl (C=O) groups excluding carboxylic acids is 1. The Hall–Kier alpha value is -1.06. The molecule has 0 aliphatic rings. The first-order chi connectivity index (χ1) is 8.15. The van der Waals surface area contributed by atoms with Gasteiger partial charge in [0.05, 0.1) is 6.04 Å². The Labute approximate surface area is 111 Å². The highest BCUT2D eigenvalue weighted by atomic mass is 79.9. The molecule has 0 saturated carbocycles. The Balaban J connectivity index is 3.25. The highest BCUT2D eigenvalue weighted by Gasteiger charge is 2.26. The second kappa shape index (κ2) is 5.29. The third-order valence-electron chi connectivity index (χ3n) is 1.99. The Morgan fingerprint density at radius 2 is 2.00 bits per heavy atom. The smallest absolute Gasteiger partial charge is 0.245 e. The molecule has 1 rings (SSSR count). The van der Waals surface area contributed by atoms with Gasteiger partial charge in [0.2, 0.25) is 15.9 Å². The van der Waals surface area contributed by atoms with Gasteiger partial charge in [-0.25, -0.2) is 17.2 Å². The Bertz CT molecular complexity index is 568. The lowest BCUT2D eigenvalue weighted by molar-refractivity contribution is -0.119. The molecule has 1 amide bonds. The number of hydrogen-bond acceptors (Lipinski definition) is 3. The van der Waals surface area contributed by atoms with Crippen LogP contribution >= 0.6 is 15.9 Å². The SMILES string of the molecule is CC(NS(=O)(=O)c1c(F)cc(F)cc1Br)C(N)=O. The predicted molar refractivity (Wildman–Crippen MR) is 63.0 cm³/mol. The Morgan fingerprint density at radius 3 is 2.44 bits per heavy atom. The van der Waals surface area contributed by atoms with E-state index in [1.165, 1.54) is 6.92 Å². The largest absolute Gasteiger partial charge is 0.368 e. The molecule has 0 aliphatic heterocycles. The quantitative estimate of drug-likeness (QED) is 0.851. The zero-order chi connectivity index (χ0) is 14.1. The molecule has 5 nitrogen and oxygen atoms in total. The van der Waals surface area contributed by atoms with Gasteiger partial charge in [0, 0.05) is 10.5 Å². The summed E-state index contributed by atoms with van der Waals surface area (Å²) in [5, 5.41) is 0. The van der Waals surface area contributed by atoms with Crippen LogP contribution in [-0.2, 0) is 14.8 Å². The van der Waals surface area contributed by atoms with E-state index in [0.29, 0.717) is 6.07 Å². The van der Waals surface area contributed by atoms with Crippen LogP contribution in [0.5, 0.6) is 0 Å². The standard InChI is InChI=1S/C9H9BrF2N2O3S/c1-4(9(13)15)14-18(16,17)8-6(10)2-5(11)3-7(8)12/h2-4,14H,1H3,(H2,13,15). The minimum absolute atomic E-state index is 0.288.